The first kappa shape index (κ1) is 14.4. The first-order valence-corrected chi connectivity index (χ1v) is 6.91. The molecule has 0 spiro atoms. The second kappa shape index (κ2) is 6.45. The van der Waals surface area contributed by atoms with E-state index >= 15 is 0 Å². The van der Waals surface area contributed by atoms with Crippen LogP contribution in [0.2, 0.25) is 0 Å². The molecule has 1 saturated carbocycles. The van der Waals surface area contributed by atoms with Crippen molar-refractivity contribution in [1.82, 2.24) is 9.80 Å². The summed E-state index contributed by atoms with van der Waals surface area (Å²) in [6.07, 6.45) is 3.49. The molecule has 6 nitrogen and oxygen atoms in total. The Kier molecular flexibility index (Phi) is 4.65. The van der Waals surface area contributed by atoms with E-state index in [1.54, 1.807) is 22.1 Å². The maximum absolute atomic E-state index is 12.5. The number of amides is 2. The number of hydrogen-bond donors (Lipinski definition) is 1. The van der Waals surface area contributed by atoms with Gasteiger partial charge in [0.05, 0.1) is 19.2 Å². The Morgan fingerprint density at radius 1 is 1.45 bits per heavy atom. The molecule has 110 valence electrons. The number of urea groups is 1. The van der Waals surface area contributed by atoms with Crippen molar-refractivity contribution in [3.8, 4) is 0 Å². The molecule has 1 aromatic rings. The fraction of sp³-hybridized carbons (Fsp3) is 0.571. The van der Waals surface area contributed by atoms with Gasteiger partial charge in [0.2, 0.25) is 0 Å². The minimum Gasteiger partial charge on any atom is -0.481 e. The molecule has 0 aliphatic heterocycles. The van der Waals surface area contributed by atoms with Crippen molar-refractivity contribution in [2.45, 2.75) is 38.8 Å². The number of carboxylic acids is 1. The molecule has 20 heavy (non-hydrogen) atoms. The highest BCUT2D eigenvalue weighted by molar-refractivity contribution is 5.76. The molecule has 1 aliphatic carbocycles. The lowest BCUT2D eigenvalue weighted by molar-refractivity contribution is -0.137. The first-order chi connectivity index (χ1) is 9.61. The molecule has 1 heterocycles. The van der Waals surface area contributed by atoms with Crippen molar-refractivity contribution in [1.29, 1.82) is 0 Å². The molecule has 1 fully saturated rings. The number of aliphatic carboxylic acids is 1. The number of rotatable bonds is 7. The van der Waals surface area contributed by atoms with Gasteiger partial charge in [0.1, 0.15) is 5.76 Å². The number of carbonyl (C=O) groups is 2. The molecule has 0 atom stereocenters. The quantitative estimate of drug-likeness (QED) is 0.830. The van der Waals surface area contributed by atoms with E-state index in [2.05, 4.69) is 0 Å². The predicted molar refractivity (Wildman–Crippen MR) is 72.2 cm³/mol. The van der Waals surface area contributed by atoms with Crippen LogP contribution >= 0.6 is 0 Å². The normalized spacial score (nSPS) is 14.1. The molecule has 2 amide bonds. The number of carbonyl (C=O) groups excluding carboxylic acids is 1. The molecule has 1 aromatic heterocycles. The highest BCUT2D eigenvalue weighted by Gasteiger charge is 2.34. The Bertz CT molecular complexity index is 454. The van der Waals surface area contributed by atoms with E-state index in [1.165, 1.54) is 0 Å². The second-order valence-electron chi connectivity index (χ2n) is 4.94. The van der Waals surface area contributed by atoms with Crippen LogP contribution in [0.15, 0.2) is 22.8 Å². The Morgan fingerprint density at radius 2 is 2.20 bits per heavy atom. The van der Waals surface area contributed by atoms with Gasteiger partial charge in [-0.25, -0.2) is 4.79 Å². The first-order valence-electron chi connectivity index (χ1n) is 6.91. The summed E-state index contributed by atoms with van der Waals surface area (Å²) in [7, 11) is 0. The summed E-state index contributed by atoms with van der Waals surface area (Å²) in [5.74, 6) is -0.147. The zero-order valence-electron chi connectivity index (χ0n) is 11.6. The van der Waals surface area contributed by atoms with Crippen molar-refractivity contribution in [3.05, 3.63) is 24.2 Å². The summed E-state index contributed by atoms with van der Waals surface area (Å²) in [6.45, 7) is 3.16. The minimum absolute atomic E-state index is 0.0133. The Balaban J connectivity index is 1.98. The molecule has 0 unspecified atom stereocenters. The summed E-state index contributed by atoms with van der Waals surface area (Å²) < 4.78 is 5.26. The second-order valence-corrected chi connectivity index (χ2v) is 4.94. The van der Waals surface area contributed by atoms with E-state index in [0.717, 1.165) is 18.6 Å². The van der Waals surface area contributed by atoms with Gasteiger partial charge < -0.3 is 19.3 Å². The minimum atomic E-state index is -0.877. The van der Waals surface area contributed by atoms with Crippen LogP contribution in [0.4, 0.5) is 4.79 Å². The molecule has 0 aromatic carbocycles. The SMILES string of the molecule is CCN(Cc1ccco1)C(=O)N(CCC(=O)O)C1CC1. The fourth-order valence-electron chi connectivity index (χ4n) is 2.12. The van der Waals surface area contributed by atoms with Crippen molar-refractivity contribution in [2.24, 2.45) is 0 Å². The standard InChI is InChI=1S/C14H20N2O4/c1-2-15(10-12-4-3-9-20-12)14(19)16(11-5-6-11)8-7-13(17)18/h3-4,9,11H,2,5-8,10H2,1H3,(H,17,18). The van der Waals surface area contributed by atoms with Crippen LogP contribution in [0.3, 0.4) is 0 Å². The van der Waals surface area contributed by atoms with E-state index in [0.29, 0.717) is 13.1 Å². The maximum atomic E-state index is 12.5. The van der Waals surface area contributed by atoms with Gasteiger partial charge in [-0.3, -0.25) is 4.79 Å². The molecule has 2 rings (SSSR count). The Hall–Kier alpha value is -1.98. The van der Waals surface area contributed by atoms with Crippen LogP contribution in [0.1, 0.15) is 31.9 Å². The van der Waals surface area contributed by atoms with Gasteiger partial charge in [0, 0.05) is 19.1 Å². The van der Waals surface area contributed by atoms with Crippen molar-refractivity contribution in [2.75, 3.05) is 13.1 Å². The Morgan fingerprint density at radius 3 is 2.70 bits per heavy atom. The van der Waals surface area contributed by atoms with E-state index < -0.39 is 5.97 Å². The molecular weight excluding hydrogens is 260 g/mol. The molecule has 6 heteroatoms. The summed E-state index contributed by atoms with van der Waals surface area (Å²) in [6, 6.07) is 3.71. The predicted octanol–water partition coefficient (Wildman–Crippen LogP) is 2.16. The molecule has 0 saturated heterocycles. The van der Waals surface area contributed by atoms with Gasteiger partial charge in [-0.05, 0) is 31.9 Å². The van der Waals surface area contributed by atoms with Gasteiger partial charge >= 0.3 is 12.0 Å². The Labute approximate surface area is 118 Å². The smallest absolute Gasteiger partial charge is 0.320 e. The summed E-state index contributed by atoms with van der Waals surface area (Å²) >= 11 is 0. The molecule has 0 bridgehead atoms. The summed E-state index contributed by atoms with van der Waals surface area (Å²) in [5.41, 5.74) is 0. The number of hydrogen-bond acceptors (Lipinski definition) is 3. The topological polar surface area (TPSA) is 74.0 Å². The number of furan rings is 1. The van der Waals surface area contributed by atoms with E-state index in [1.807, 2.05) is 13.0 Å². The zero-order valence-corrected chi connectivity index (χ0v) is 11.6. The van der Waals surface area contributed by atoms with E-state index in [4.69, 9.17) is 9.52 Å². The highest BCUT2D eigenvalue weighted by atomic mass is 16.4. The van der Waals surface area contributed by atoms with E-state index in [9.17, 15) is 9.59 Å². The fourth-order valence-corrected chi connectivity index (χ4v) is 2.12. The average Bonchev–Trinajstić information content (AvgIpc) is 3.12. The van der Waals surface area contributed by atoms with Gasteiger partial charge in [-0.15, -0.1) is 0 Å². The van der Waals surface area contributed by atoms with Crippen molar-refractivity contribution < 1.29 is 19.1 Å². The lowest BCUT2D eigenvalue weighted by atomic mass is 10.3. The van der Waals surface area contributed by atoms with Crippen molar-refractivity contribution in [3.63, 3.8) is 0 Å². The number of nitrogens with zero attached hydrogens (tertiary/aromatic N) is 2. The third-order valence-electron chi connectivity index (χ3n) is 3.38. The molecular formula is C14H20N2O4. The van der Waals surface area contributed by atoms with Crippen LogP contribution in [0.25, 0.3) is 0 Å². The van der Waals surface area contributed by atoms with Crippen LogP contribution in [-0.2, 0) is 11.3 Å². The lowest BCUT2D eigenvalue weighted by Crippen LogP contribution is -2.44. The third-order valence-corrected chi connectivity index (χ3v) is 3.38. The van der Waals surface area contributed by atoms with Gasteiger partial charge in [0.15, 0.2) is 0 Å². The third kappa shape index (κ3) is 3.76. The average molecular weight is 280 g/mol. The van der Waals surface area contributed by atoms with Gasteiger partial charge in [-0.2, -0.15) is 0 Å². The zero-order chi connectivity index (χ0) is 14.5. The molecule has 1 N–H and O–H groups in total. The molecule has 1 aliphatic rings. The lowest BCUT2D eigenvalue weighted by Gasteiger charge is -2.29. The maximum Gasteiger partial charge on any atom is 0.320 e. The van der Waals surface area contributed by atoms with Crippen molar-refractivity contribution >= 4 is 12.0 Å². The largest absolute Gasteiger partial charge is 0.481 e. The van der Waals surface area contributed by atoms with Crippen LogP contribution < -0.4 is 0 Å². The van der Waals surface area contributed by atoms with Crippen LogP contribution in [0.5, 0.6) is 0 Å². The highest BCUT2D eigenvalue weighted by Crippen LogP contribution is 2.28. The van der Waals surface area contributed by atoms with Gasteiger partial charge in [-0.1, -0.05) is 0 Å². The van der Waals surface area contributed by atoms with Crippen LogP contribution in [-0.4, -0.2) is 46.0 Å². The van der Waals surface area contributed by atoms with Crippen LogP contribution in [0, 0.1) is 0 Å². The number of carboxylic acid groups (broad SMARTS) is 1. The molecule has 0 radical (unpaired) electrons. The monoisotopic (exact) mass is 280 g/mol. The summed E-state index contributed by atoms with van der Waals surface area (Å²) in [5, 5.41) is 8.78. The van der Waals surface area contributed by atoms with E-state index in [-0.39, 0.29) is 25.0 Å². The summed E-state index contributed by atoms with van der Waals surface area (Å²) in [4.78, 5) is 26.6. The van der Waals surface area contributed by atoms with Gasteiger partial charge in [0.25, 0.3) is 0 Å².